The zero-order valence-corrected chi connectivity index (χ0v) is 14.0. The van der Waals surface area contributed by atoms with E-state index in [1.54, 1.807) is 0 Å². The molecule has 1 aliphatic rings. The molecule has 0 unspecified atom stereocenters. The van der Waals surface area contributed by atoms with Crippen LogP contribution < -0.4 is 5.32 Å². The van der Waals surface area contributed by atoms with Gasteiger partial charge in [-0.1, -0.05) is 60.7 Å². The van der Waals surface area contributed by atoms with Crippen LogP contribution in [0.4, 0.5) is 0 Å². The molecule has 1 aliphatic carbocycles. The van der Waals surface area contributed by atoms with Gasteiger partial charge in [0.25, 0.3) is 0 Å². The quantitative estimate of drug-likeness (QED) is 0.649. The third kappa shape index (κ3) is 4.32. The van der Waals surface area contributed by atoms with Crippen LogP contribution in [0.3, 0.4) is 0 Å². The monoisotopic (exact) mass is 336 g/mol. The minimum absolute atomic E-state index is 0.0620. The SMILES string of the molecule is COC(=O)CNC(=O)[C@@H]1C[C@H]1N=C(c1ccccc1)c1ccccc1. The lowest BCUT2D eigenvalue weighted by atomic mass is 10.0. The van der Waals surface area contributed by atoms with Gasteiger partial charge in [-0.25, -0.2) is 0 Å². The van der Waals surface area contributed by atoms with Crippen LogP contribution in [0.25, 0.3) is 0 Å². The molecule has 0 radical (unpaired) electrons. The Balaban J connectivity index is 1.75. The number of amides is 1. The first kappa shape index (κ1) is 16.9. The van der Waals surface area contributed by atoms with E-state index in [0.29, 0.717) is 6.42 Å². The third-order valence-corrected chi connectivity index (χ3v) is 4.12. The number of hydrogen-bond donors (Lipinski definition) is 1. The average Bonchev–Trinajstić information content (AvgIpc) is 3.44. The number of esters is 1. The smallest absolute Gasteiger partial charge is 0.325 e. The first-order valence-corrected chi connectivity index (χ1v) is 8.22. The first-order valence-electron chi connectivity index (χ1n) is 8.22. The molecule has 5 heteroatoms. The number of rotatable bonds is 6. The van der Waals surface area contributed by atoms with Gasteiger partial charge in [-0.05, 0) is 6.42 Å². The van der Waals surface area contributed by atoms with Gasteiger partial charge in [0.1, 0.15) is 6.54 Å². The van der Waals surface area contributed by atoms with E-state index in [1.807, 2.05) is 60.7 Å². The van der Waals surface area contributed by atoms with Gasteiger partial charge in [-0.2, -0.15) is 0 Å². The summed E-state index contributed by atoms with van der Waals surface area (Å²) < 4.78 is 4.53. The van der Waals surface area contributed by atoms with Gasteiger partial charge in [-0.15, -0.1) is 0 Å². The molecule has 0 heterocycles. The Labute approximate surface area is 146 Å². The second kappa shape index (κ2) is 7.75. The van der Waals surface area contributed by atoms with E-state index in [9.17, 15) is 9.59 Å². The Morgan fingerprint density at radius 2 is 1.60 bits per heavy atom. The number of carbonyl (C=O) groups is 2. The molecular weight excluding hydrogens is 316 g/mol. The fourth-order valence-electron chi connectivity index (χ4n) is 2.64. The van der Waals surface area contributed by atoms with Gasteiger partial charge in [0.15, 0.2) is 0 Å². The number of methoxy groups -OCH3 is 1. The van der Waals surface area contributed by atoms with Crippen LogP contribution in [0.5, 0.6) is 0 Å². The van der Waals surface area contributed by atoms with Crippen molar-refractivity contribution in [1.29, 1.82) is 0 Å². The maximum Gasteiger partial charge on any atom is 0.325 e. The first-order chi connectivity index (χ1) is 12.2. The molecule has 1 fully saturated rings. The van der Waals surface area contributed by atoms with Gasteiger partial charge in [-0.3, -0.25) is 14.6 Å². The highest BCUT2D eigenvalue weighted by atomic mass is 16.5. The van der Waals surface area contributed by atoms with Crippen LogP contribution in [-0.2, 0) is 14.3 Å². The summed E-state index contributed by atoms with van der Waals surface area (Å²) in [5, 5.41) is 2.60. The van der Waals surface area contributed by atoms with Crippen molar-refractivity contribution in [1.82, 2.24) is 5.32 Å². The van der Waals surface area contributed by atoms with Crippen molar-refractivity contribution in [2.45, 2.75) is 12.5 Å². The van der Waals surface area contributed by atoms with Crippen LogP contribution in [0.15, 0.2) is 65.7 Å². The summed E-state index contributed by atoms with van der Waals surface area (Å²) in [6, 6.07) is 19.8. The van der Waals surface area contributed by atoms with Crippen LogP contribution in [-0.4, -0.2) is 37.3 Å². The summed E-state index contributed by atoms with van der Waals surface area (Å²) >= 11 is 0. The highest BCUT2D eigenvalue weighted by molar-refractivity contribution is 6.13. The number of ether oxygens (including phenoxy) is 1. The van der Waals surface area contributed by atoms with Gasteiger partial charge in [0, 0.05) is 11.1 Å². The van der Waals surface area contributed by atoms with E-state index in [-0.39, 0.29) is 24.4 Å². The molecule has 128 valence electrons. The minimum Gasteiger partial charge on any atom is -0.468 e. The molecule has 0 aliphatic heterocycles. The zero-order valence-electron chi connectivity index (χ0n) is 14.0. The number of benzene rings is 2. The fourth-order valence-corrected chi connectivity index (χ4v) is 2.64. The number of nitrogens with zero attached hydrogens (tertiary/aromatic N) is 1. The molecule has 0 bridgehead atoms. The lowest BCUT2D eigenvalue weighted by molar-refractivity contribution is -0.141. The van der Waals surface area contributed by atoms with Gasteiger partial charge < -0.3 is 10.1 Å². The Morgan fingerprint density at radius 3 is 2.12 bits per heavy atom. The van der Waals surface area contributed by atoms with Gasteiger partial charge >= 0.3 is 5.97 Å². The molecular formula is C20H20N2O3. The highest BCUT2D eigenvalue weighted by Gasteiger charge is 2.43. The Kier molecular flexibility index (Phi) is 5.23. The third-order valence-electron chi connectivity index (χ3n) is 4.12. The molecule has 25 heavy (non-hydrogen) atoms. The largest absolute Gasteiger partial charge is 0.468 e. The van der Waals surface area contributed by atoms with Gasteiger partial charge in [0.05, 0.1) is 24.8 Å². The summed E-state index contributed by atoms with van der Waals surface area (Å²) in [7, 11) is 1.30. The fraction of sp³-hybridized carbons (Fsp3) is 0.250. The molecule has 2 aromatic carbocycles. The predicted molar refractivity (Wildman–Crippen MR) is 95.4 cm³/mol. The molecule has 0 aromatic heterocycles. The topological polar surface area (TPSA) is 67.8 Å². The number of nitrogens with one attached hydrogen (secondary N) is 1. The zero-order chi connectivity index (χ0) is 17.6. The summed E-state index contributed by atoms with van der Waals surface area (Å²) in [4.78, 5) is 28.0. The van der Waals surface area contributed by atoms with Crippen molar-refractivity contribution in [3.8, 4) is 0 Å². The van der Waals surface area contributed by atoms with Crippen molar-refractivity contribution >= 4 is 17.6 Å². The van der Waals surface area contributed by atoms with Crippen LogP contribution in [0, 0.1) is 5.92 Å². The Morgan fingerprint density at radius 1 is 1.04 bits per heavy atom. The standard InChI is InChI=1S/C20H20N2O3/c1-25-18(23)13-21-20(24)16-12-17(16)22-19(14-8-4-2-5-9-14)15-10-6-3-7-11-15/h2-11,16-17H,12-13H2,1H3,(H,21,24)/t16-,17-/m1/s1. The van der Waals surface area contributed by atoms with E-state index in [1.165, 1.54) is 7.11 Å². The van der Waals surface area contributed by atoms with E-state index in [2.05, 4.69) is 10.1 Å². The van der Waals surface area contributed by atoms with Crippen molar-refractivity contribution in [2.24, 2.45) is 10.9 Å². The lowest BCUT2D eigenvalue weighted by Crippen LogP contribution is -2.32. The summed E-state index contributed by atoms with van der Waals surface area (Å²) in [6.45, 7) is -0.105. The molecule has 1 amide bonds. The van der Waals surface area contributed by atoms with Crippen LogP contribution >= 0.6 is 0 Å². The molecule has 1 N–H and O–H groups in total. The maximum absolute atomic E-state index is 12.1. The molecule has 2 aromatic rings. The molecule has 5 nitrogen and oxygen atoms in total. The molecule has 3 rings (SSSR count). The van der Waals surface area contributed by atoms with E-state index in [0.717, 1.165) is 16.8 Å². The van der Waals surface area contributed by atoms with Crippen molar-refractivity contribution < 1.29 is 14.3 Å². The second-order valence-corrected chi connectivity index (χ2v) is 5.91. The van der Waals surface area contributed by atoms with E-state index in [4.69, 9.17) is 4.99 Å². The van der Waals surface area contributed by atoms with Crippen LogP contribution in [0.1, 0.15) is 17.5 Å². The second-order valence-electron chi connectivity index (χ2n) is 5.91. The Hall–Kier alpha value is -2.95. The predicted octanol–water partition coefficient (Wildman–Crippen LogP) is 2.20. The maximum atomic E-state index is 12.1. The molecule has 0 spiro atoms. The minimum atomic E-state index is -0.455. The summed E-state index contributed by atoms with van der Waals surface area (Å²) in [5.41, 5.74) is 2.93. The summed E-state index contributed by atoms with van der Waals surface area (Å²) in [6.07, 6.45) is 0.691. The summed E-state index contributed by atoms with van der Waals surface area (Å²) in [5.74, 6) is -0.796. The van der Waals surface area contributed by atoms with E-state index < -0.39 is 5.97 Å². The number of carbonyl (C=O) groups excluding carboxylic acids is 2. The number of hydrogen-bond acceptors (Lipinski definition) is 4. The molecule has 1 saturated carbocycles. The molecule has 0 saturated heterocycles. The van der Waals surface area contributed by atoms with Crippen molar-refractivity contribution in [3.05, 3.63) is 71.8 Å². The Bertz CT molecular complexity index is 731. The van der Waals surface area contributed by atoms with Gasteiger partial charge in [0.2, 0.25) is 5.91 Å². The van der Waals surface area contributed by atoms with E-state index >= 15 is 0 Å². The highest BCUT2D eigenvalue weighted by Crippen LogP contribution is 2.35. The van der Waals surface area contributed by atoms with Crippen molar-refractivity contribution in [3.63, 3.8) is 0 Å². The van der Waals surface area contributed by atoms with Crippen LogP contribution in [0.2, 0.25) is 0 Å². The average molecular weight is 336 g/mol. The lowest BCUT2D eigenvalue weighted by Gasteiger charge is -2.08. The normalized spacial score (nSPS) is 18.1. The number of aliphatic imine (C=N–C) groups is 1. The van der Waals surface area contributed by atoms with Crippen molar-refractivity contribution in [2.75, 3.05) is 13.7 Å². The molecule has 2 atom stereocenters.